The van der Waals surface area contributed by atoms with E-state index in [1.165, 1.54) is 6.42 Å². The Kier molecular flexibility index (Phi) is 13.9. The standard InChI is InChI=1S/C3H8.CH4.H2O4S/c1-3-2;;1-5(2,3)4/h3H2,1-2H3;1H4;(H2,1,2,3,4). The fourth-order valence-electron chi connectivity index (χ4n) is 0. The molecule has 9 heavy (non-hydrogen) atoms. The summed E-state index contributed by atoms with van der Waals surface area (Å²) in [7, 11) is -4.67. The molecule has 0 bridgehead atoms. The zero-order valence-electron chi connectivity index (χ0n) is 4.83. The third kappa shape index (κ3) is 16000. The number of hydrogen-bond acceptors (Lipinski definition) is 2. The first-order chi connectivity index (χ1) is 3.41. The highest BCUT2D eigenvalue weighted by Gasteiger charge is 1.84. The molecule has 0 unspecified atom stereocenters. The van der Waals surface area contributed by atoms with Crippen molar-refractivity contribution in [2.24, 2.45) is 0 Å². The van der Waals surface area contributed by atoms with Crippen molar-refractivity contribution in [3.8, 4) is 0 Å². The van der Waals surface area contributed by atoms with Gasteiger partial charge in [-0.1, -0.05) is 27.7 Å². The Morgan fingerprint density at radius 1 is 1.22 bits per heavy atom. The van der Waals surface area contributed by atoms with E-state index in [-0.39, 0.29) is 7.43 Å². The molecular weight excluding hydrogens is 144 g/mol. The molecule has 0 amide bonds. The van der Waals surface area contributed by atoms with Crippen LogP contribution >= 0.6 is 0 Å². The summed E-state index contributed by atoms with van der Waals surface area (Å²) in [5.41, 5.74) is 0. The van der Waals surface area contributed by atoms with Crippen molar-refractivity contribution in [1.82, 2.24) is 0 Å². The summed E-state index contributed by atoms with van der Waals surface area (Å²) in [6.45, 7) is 4.25. The second-order valence-corrected chi connectivity index (χ2v) is 2.05. The average molecular weight is 158 g/mol. The van der Waals surface area contributed by atoms with Crippen molar-refractivity contribution in [2.45, 2.75) is 27.7 Å². The Balaban J connectivity index is -0.0000000800. The van der Waals surface area contributed by atoms with Gasteiger partial charge in [-0.15, -0.1) is 0 Å². The Labute approximate surface area is 56.5 Å². The molecule has 0 saturated carbocycles. The van der Waals surface area contributed by atoms with Crippen molar-refractivity contribution in [1.29, 1.82) is 0 Å². The Hall–Kier alpha value is -0.130. The van der Waals surface area contributed by atoms with Gasteiger partial charge in [-0.05, 0) is 0 Å². The Morgan fingerprint density at radius 3 is 1.22 bits per heavy atom. The molecule has 0 radical (unpaired) electrons. The Bertz CT molecular complexity index is 107. The molecule has 0 atom stereocenters. The highest BCUT2D eigenvalue weighted by atomic mass is 32.3. The maximum atomic E-state index is 8.74. The van der Waals surface area contributed by atoms with Gasteiger partial charge in [0, 0.05) is 0 Å². The van der Waals surface area contributed by atoms with Crippen LogP contribution in [0.2, 0.25) is 0 Å². The summed E-state index contributed by atoms with van der Waals surface area (Å²) in [4.78, 5) is 0. The molecule has 0 aromatic heterocycles. The van der Waals surface area contributed by atoms with Gasteiger partial charge >= 0.3 is 10.4 Å². The van der Waals surface area contributed by atoms with E-state index >= 15 is 0 Å². The molecule has 0 aromatic carbocycles. The normalized spacial score (nSPS) is 8.44. The lowest BCUT2D eigenvalue weighted by Crippen LogP contribution is -1.89. The van der Waals surface area contributed by atoms with E-state index in [1.807, 2.05) is 0 Å². The molecular formula is C4H14O4S. The third-order valence-electron chi connectivity index (χ3n) is 0. The van der Waals surface area contributed by atoms with Crippen molar-refractivity contribution in [3.63, 3.8) is 0 Å². The average Bonchev–Trinajstić information content (AvgIpc) is 1.27. The molecule has 0 aromatic rings. The van der Waals surface area contributed by atoms with Gasteiger partial charge in [0.25, 0.3) is 0 Å². The molecule has 0 saturated heterocycles. The fraction of sp³-hybridized carbons (Fsp3) is 1.00. The topological polar surface area (TPSA) is 74.6 Å². The summed E-state index contributed by atoms with van der Waals surface area (Å²) in [6, 6.07) is 0. The Morgan fingerprint density at radius 2 is 1.22 bits per heavy atom. The first-order valence-corrected chi connectivity index (χ1v) is 3.51. The molecule has 5 heteroatoms. The summed E-state index contributed by atoms with van der Waals surface area (Å²) in [5.74, 6) is 0. The van der Waals surface area contributed by atoms with Crippen LogP contribution in [0, 0.1) is 0 Å². The van der Waals surface area contributed by atoms with Crippen LogP contribution < -0.4 is 0 Å². The van der Waals surface area contributed by atoms with Gasteiger partial charge in [-0.25, -0.2) is 0 Å². The molecule has 0 fully saturated rings. The molecule has 0 aliphatic carbocycles. The highest BCUT2D eigenvalue weighted by molar-refractivity contribution is 7.79. The summed E-state index contributed by atoms with van der Waals surface area (Å²) < 4.78 is 31.6. The summed E-state index contributed by atoms with van der Waals surface area (Å²) >= 11 is 0. The van der Waals surface area contributed by atoms with Crippen molar-refractivity contribution in [2.75, 3.05) is 0 Å². The van der Waals surface area contributed by atoms with Crippen LogP contribution in [0.15, 0.2) is 0 Å². The van der Waals surface area contributed by atoms with Gasteiger partial charge in [-0.2, -0.15) is 8.42 Å². The van der Waals surface area contributed by atoms with Gasteiger partial charge in [0.1, 0.15) is 0 Å². The van der Waals surface area contributed by atoms with Crippen LogP contribution in [0.1, 0.15) is 27.7 Å². The molecule has 0 heterocycles. The van der Waals surface area contributed by atoms with E-state index in [2.05, 4.69) is 13.8 Å². The van der Waals surface area contributed by atoms with E-state index in [9.17, 15) is 0 Å². The van der Waals surface area contributed by atoms with Crippen LogP contribution in [0.25, 0.3) is 0 Å². The van der Waals surface area contributed by atoms with Gasteiger partial charge < -0.3 is 0 Å². The van der Waals surface area contributed by atoms with Crippen LogP contribution in [0.3, 0.4) is 0 Å². The van der Waals surface area contributed by atoms with Crippen molar-refractivity contribution in [3.05, 3.63) is 0 Å². The predicted octanol–water partition coefficient (Wildman–Crippen LogP) is 1.40. The molecule has 4 nitrogen and oxygen atoms in total. The molecule has 0 aliphatic heterocycles. The minimum absolute atomic E-state index is 0. The number of hydrogen-bond donors (Lipinski definition) is 2. The molecule has 2 N–H and O–H groups in total. The van der Waals surface area contributed by atoms with Gasteiger partial charge in [0.15, 0.2) is 0 Å². The third-order valence-corrected chi connectivity index (χ3v) is 0. The maximum Gasteiger partial charge on any atom is 0.394 e. The molecule has 0 rings (SSSR count). The maximum absolute atomic E-state index is 8.74. The van der Waals surface area contributed by atoms with Crippen LogP contribution in [0.4, 0.5) is 0 Å². The number of rotatable bonds is 0. The molecule has 0 aliphatic rings. The first kappa shape index (κ1) is 15.9. The fourth-order valence-corrected chi connectivity index (χ4v) is 0. The van der Waals surface area contributed by atoms with Crippen LogP contribution in [-0.2, 0) is 10.4 Å². The van der Waals surface area contributed by atoms with E-state index in [1.54, 1.807) is 0 Å². The van der Waals surface area contributed by atoms with Gasteiger partial charge in [0.05, 0.1) is 0 Å². The summed E-state index contributed by atoms with van der Waals surface area (Å²) in [6.07, 6.45) is 1.25. The smallest absolute Gasteiger partial charge is 0.264 e. The minimum atomic E-state index is -4.67. The van der Waals surface area contributed by atoms with Crippen LogP contribution in [-0.4, -0.2) is 17.5 Å². The largest absolute Gasteiger partial charge is 0.394 e. The molecule has 60 valence electrons. The van der Waals surface area contributed by atoms with Gasteiger partial charge in [0.2, 0.25) is 0 Å². The van der Waals surface area contributed by atoms with E-state index < -0.39 is 10.4 Å². The van der Waals surface area contributed by atoms with E-state index in [0.717, 1.165) is 0 Å². The molecule has 0 spiro atoms. The zero-order valence-corrected chi connectivity index (χ0v) is 5.64. The highest BCUT2D eigenvalue weighted by Crippen LogP contribution is 1.59. The van der Waals surface area contributed by atoms with Crippen molar-refractivity contribution < 1.29 is 17.5 Å². The second-order valence-electron chi connectivity index (χ2n) is 1.15. The first-order valence-electron chi connectivity index (χ1n) is 2.11. The minimum Gasteiger partial charge on any atom is -0.264 e. The van der Waals surface area contributed by atoms with Crippen molar-refractivity contribution >= 4 is 10.4 Å². The summed E-state index contributed by atoms with van der Waals surface area (Å²) in [5, 5.41) is 0. The van der Waals surface area contributed by atoms with Crippen LogP contribution in [0.5, 0.6) is 0 Å². The zero-order chi connectivity index (χ0) is 7.21. The quantitative estimate of drug-likeness (QED) is 0.522. The SMILES string of the molecule is C.CCC.O=S(=O)(O)O. The van der Waals surface area contributed by atoms with E-state index in [0.29, 0.717) is 0 Å². The predicted molar refractivity (Wildman–Crippen MR) is 36.9 cm³/mol. The second kappa shape index (κ2) is 7.87. The monoisotopic (exact) mass is 158 g/mol. The lowest BCUT2D eigenvalue weighted by molar-refractivity contribution is 0.381. The van der Waals surface area contributed by atoms with Gasteiger partial charge in [-0.3, -0.25) is 9.11 Å². The lowest BCUT2D eigenvalue weighted by Gasteiger charge is -1.68. The lowest BCUT2D eigenvalue weighted by atomic mass is 10.6. The van der Waals surface area contributed by atoms with E-state index in [4.69, 9.17) is 17.5 Å².